The largest absolute Gasteiger partial charge is 0.441 e. The van der Waals surface area contributed by atoms with Gasteiger partial charge in [0.05, 0.1) is 11.8 Å². The molecule has 0 aliphatic rings. The van der Waals surface area contributed by atoms with Crippen LogP contribution >= 0.6 is 47.8 Å². The van der Waals surface area contributed by atoms with E-state index in [9.17, 15) is 0 Å². The highest BCUT2D eigenvalue weighted by Crippen LogP contribution is 2.37. The molecule has 0 saturated carbocycles. The van der Waals surface area contributed by atoms with Gasteiger partial charge in [-0.15, -0.1) is 0 Å². The molecular formula is C10H6Br3NO. The van der Waals surface area contributed by atoms with E-state index in [1.165, 1.54) is 0 Å². The lowest BCUT2D eigenvalue weighted by molar-refractivity contribution is 0.542. The Hall–Kier alpha value is -0.130. The SMILES string of the molecule is Cc1cnc(-c2c(Br)cc(Br)cc2Br)o1. The molecule has 1 aromatic carbocycles. The minimum absolute atomic E-state index is 0.610. The molecule has 15 heavy (non-hydrogen) atoms. The molecule has 1 heterocycles. The monoisotopic (exact) mass is 393 g/mol. The molecule has 0 saturated heterocycles. The van der Waals surface area contributed by atoms with E-state index in [1.54, 1.807) is 6.20 Å². The molecule has 78 valence electrons. The number of rotatable bonds is 1. The quantitative estimate of drug-likeness (QED) is 0.683. The Balaban J connectivity index is 2.62. The van der Waals surface area contributed by atoms with Crippen molar-refractivity contribution in [1.82, 2.24) is 4.98 Å². The van der Waals surface area contributed by atoms with Crippen molar-refractivity contribution >= 4 is 47.8 Å². The number of oxazole rings is 1. The Bertz CT molecular complexity index is 484. The second kappa shape index (κ2) is 4.39. The normalized spacial score (nSPS) is 10.7. The summed E-state index contributed by atoms with van der Waals surface area (Å²) >= 11 is 10.4. The van der Waals surface area contributed by atoms with Gasteiger partial charge in [0.2, 0.25) is 5.89 Å². The van der Waals surface area contributed by atoms with Gasteiger partial charge in [-0.2, -0.15) is 0 Å². The zero-order valence-electron chi connectivity index (χ0n) is 7.72. The number of aryl methyl sites for hydroxylation is 1. The third kappa shape index (κ3) is 2.34. The maximum atomic E-state index is 5.48. The fraction of sp³-hybridized carbons (Fsp3) is 0.100. The maximum Gasteiger partial charge on any atom is 0.228 e. The van der Waals surface area contributed by atoms with Crippen molar-refractivity contribution in [1.29, 1.82) is 0 Å². The van der Waals surface area contributed by atoms with Gasteiger partial charge >= 0.3 is 0 Å². The molecule has 2 rings (SSSR count). The summed E-state index contributed by atoms with van der Waals surface area (Å²) in [7, 11) is 0. The van der Waals surface area contributed by atoms with Crippen molar-refractivity contribution in [3.63, 3.8) is 0 Å². The van der Waals surface area contributed by atoms with Crippen LogP contribution in [0.2, 0.25) is 0 Å². The fourth-order valence-electron chi connectivity index (χ4n) is 1.22. The third-order valence-electron chi connectivity index (χ3n) is 1.84. The Labute approximate surface area is 112 Å². The van der Waals surface area contributed by atoms with Crippen LogP contribution in [0.1, 0.15) is 5.76 Å². The van der Waals surface area contributed by atoms with Gasteiger partial charge in [-0.25, -0.2) is 4.98 Å². The van der Waals surface area contributed by atoms with Gasteiger partial charge in [0.25, 0.3) is 0 Å². The zero-order valence-corrected chi connectivity index (χ0v) is 12.5. The summed E-state index contributed by atoms with van der Waals surface area (Å²) in [5.74, 6) is 1.41. The van der Waals surface area contributed by atoms with Crippen LogP contribution in [0.4, 0.5) is 0 Å². The summed E-state index contributed by atoms with van der Waals surface area (Å²) in [5, 5.41) is 0. The molecule has 0 N–H and O–H groups in total. The van der Waals surface area contributed by atoms with Gasteiger partial charge in [-0.3, -0.25) is 0 Å². The van der Waals surface area contributed by atoms with E-state index in [2.05, 4.69) is 52.8 Å². The molecule has 0 radical (unpaired) electrons. The van der Waals surface area contributed by atoms with Gasteiger partial charge in [-0.1, -0.05) is 15.9 Å². The first-order valence-corrected chi connectivity index (χ1v) is 6.53. The average Bonchev–Trinajstić information content (AvgIpc) is 2.49. The van der Waals surface area contributed by atoms with Crippen LogP contribution in [-0.4, -0.2) is 4.98 Å². The number of nitrogens with zero attached hydrogens (tertiary/aromatic N) is 1. The highest BCUT2D eigenvalue weighted by molar-refractivity contribution is 9.11. The highest BCUT2D eigenvalue weighted by atomic mass is 79.9. The molecule has 2 nitrogen and oxygen atoms in total. The highest BCUT2D eigenvalue weighted by Gasteiger charge is 2.13. The number of hydrogen-bond donors (Lipinski definition) is 0. The molecule has 0 amide bonds. The van der Waals surface area contributed by atoms with Gasteiger partial charge in [-0.05, 0) is 50.9 Å². The van der Waals surface area contributed by atoms with Crippen LogP contribution < -0.4 is 0 Å². The Morgan fingerprint density at radius 2 is 1.73 bits per heavy atom. The molecule has 0 aliphatic heterocycles. The van der Waals surface area contributed by atoms with Crippen molar-refractivity contribution in [2.24, 2.45) is 0 Å². The molecule has 5 heteroatoms. The predicted molar refractivity (Wildman–Crippen MR) is 69.8 cm³/mol. The maximum absolute atomic E-state index is 5.48. The number of benzene rings is 1. The Kier molecular flexibility index (Phi) is 3.33. The summed E-state index contributed by atoms with van der Waals surface area (Å²) in [5.41, 5.74) is 0.923. The second-order valence-electron chi connectivity index (χ2n) is 3.02. The van der Waals surface area contributed by atoms with Crippen LogP contribution in [0.5, 0.6) is 0 Å². The molecular weight excluding hydrogens is 390 g/mol. The molecule has 0 unspecified atom stereocenters. The van der Waals surface area contributed by atoms with Gasteiger partial charge in [0.15, 0.2) is 0 Å². The molecule has 0 spiro atoms. The van der Waals surface area contributed by atoms with Crippen LogP contribution in [0.3, 0.4) is 0 Å². The summed E-state index contributed by atoms with van der Waals surface area (Å²) in [6, 6.07) is 3.92. The minimum Gasteiger partial charge on any atom is -0.441 e. The molecule has 1 aromatic heterocycles. The molecule has 0 bridgehead atoms. The first-order valence-electron chi connectivity index (χ1n) is 4.15. The smallest absolute Gasteiger partial charge is 0.228 e. The first-order chi connectivity index (χ1) is 7.08. The van der Waals surface area contributed by atoms with Crippen LogP contribution in [-0.2, 0) is 0 Å². The lowest BCUT2D eigenvalue weighted by Gasteiger charge is -2.04. The van der Waals surface area contributed by atoms with Crippen molar-refractivity contribution in [3.8, 4) is 11.5 Å². The van der Waals surface area contributed by atoms with E-state index >= 15 is 0 Å². The number of aromatic nitrogens is 1. The topological polar surface area (TPSA) is 26.0 Å². The second-order valence-corrected chi connectivity index (χ2v) is 5.64. The van der Waals surface area contributed by atoms with E-state index < -0.39 is 0 Å². The summed E-state index contributed by atoms with van der Waals surface area (Å²) < 4.78 is 8.35. The lowest BCUT2D eigenvalue weighted by Crippen LogP contribution is -1.82. The van der Waals surface area contributed by atoms with Crippen molar-refractivity contribution in [2.45, 2.75) is 6.92 Å². The average molecular weight is 396 g/mol. The zero-order chi connectivity index (χ0) is 11.0. The predicted octanol–water partition coefficient (Wildman–Crippen LogP) is 4.94. The minimum atomic E-state index is 0.610. The number of hydrogen-bond acceptors (Lipinski definition) is 2. The van der Waals surface area contributed by atoms with Gasteiger partial charge in [0, 0.05) is 13.4 Å². The lowest BCUT2D eigenvalue weighted by atomic mass is 10.2. The summed E-state index contributed by atoms with van der Waals surface area (Å²) in [6.45, 7) is 1.87. The van der Waals surface area contributed by atoms with Crippen molar-refractivity contribution in [3.05, 3.63) is 37.5 Å². The molecule has 0 aliphatic carbocycles. The van der Waals surface area contributed by atoms with Crippen molar-refractivity contribution < 1.29 is 4.42 Å². The van der Waals surface area contributed by atoms with Crippen LogP contribution in [0, 0.1) is 6.92 Å². The number of halogens is 3. The van der Waals surface area contributed by atoms with E-state index in [-0.39, 0.29) is 0 Å². The van der Waals surface area contributed by atoms with E-state index in [4.69, 9.17) is 4.42 Å². The summed E-state index contributed by atoms with van der Waals surface area (Å²) in [6.07, 6.45) is 1.70. The molecule has 0 atom stereocenters. The van der Waals surface area contributed by atoms with E-state index in [0.717, 1.165) is 24.7 Å². The molecule has 2 aromatic rings. The standard InChI is InChI=1S/C10H6Br3NO/c1-5-4-14-10(15-5)9-7(12)2-6(11)3-8(9)13/h2-4H,1H3. The van der Waals surface area contributed by atoms with Gasteiger partial charge in [0.1, 0.15) is 5.76 Å². The summed E-state index contributed by atoms with van der Waals surface area (Å²) in [4.78, 5) is 4.20. The van der Waals surface area contributed by atoms with Crippen LogP contribution in [0.25, 0.3) is 11.5 Å². The van der Waals surface area contributed by atoms with Crippen LogP contribution in [0.15, 0.2) is 36.2 Å². The first kappa shape index (κ1) is 11.4. The fourth-order valence-corrected chi connectivity index (χ4v) is 3.81. The Morgan fingerprint density at radius 1 is 1.13 bits per heavy atom. The van der Waals surface area contributed by atoms with E-state index in [0.29, 0.717) is 5.89 Å². The molecule has 0 fully saturated rings. The van der Waals surface area contributed by atoms with E-state index in [1.807, 2.05) is 19.1 Å². The third-order valence-corrected chi connectivity index (χ3v) is 3.55. The van der Waals surface area contributed by atoms with Gasteiger partial charge < -0.3 is 4.42 Å². The van der Waals surface area contributed by atoms with Crippen molar-refractivity contribution in [2.75, 3.05) is 0 Å². The Morgan fingerprint density at radius 3 is 2.20 bits per heavy atom.